The molecule has 0 saturated heterocycles. The van der Waals surface area contributed by atoms with E-state index < -0.39 is 10.0 Å². The Morgan fingerprint density at radius 2 is 1.79 bits per heavy atom. The predicted octanol–water partition coefficient (Wildman–Crippen LogP) is 4.53. The highest BCUT2D eigenvalue weighted by Crippen LogP contribution is 2.32. The molecule has 0 saturated carbocycles. The number of rotatable bonds is 5. The van der Waals surface area contributed by atoms with Crippen LogP contribution in [0.2, 0.25) is 0 Å². The Morgan fingerprint density at radius 3 is 2.50 bits per heavy atom. The topological polar surface area (TPSA) is 55.4 Å². The van der Waals surface area contributed by atoms with Crippen molar-refractivity contribution in [1.82, 2.24) is 0 Å². The summed E-state index contributed by atoms with van der Waals surface area (Å²) in [6.07, 6.45) is 0. The summed E-state index contributed by atoms with van der Waals surface area (Å²) in [6.45, 7) is 1.89. The van der Waals surface area contributed by atoms with Gasteiger partial charge in [0.1, 0.15) is 10.6 Å². The second kappa shape index (κ2) is 6.67. The molecular formula is C18H17NO3S2. The molecule has 6 heteroatoms. The van der Waals surface area contributed by atoms with E-state index in [0.717, 1.165) is 16.0 Å². The van der Waals surface area contributed by atoms with Crippen molar-refractivity contribution in [3.63, 3.8) is 0 Å². The summed E-state index contributed by atoms with van der Waals surface area (Å²) in [4.78, 5) is 1.13. The maximum Gasteiger partial charge on any atom is 0.265 e. The number of hydrogen-bond donors (Lipinski definition) is 1. The summed E-state index contributed by atoms with van der Waals surface area (Å²) < 4.78 is 33.1. The lowest BCUT2D eigenvalue weighted by molar-refractivity contribution is 0.402. The van der Waals surface area contributed by atoms with Crippen molar-refractivity contribution >= 4 is 27.0 Å². The Labute approximate surface area is 145 Å². The highest BCUT2D eigenvalue weighted by molar-refractivity contribution is 7.92. The maximum atomic E-state index is 12.7. The first-order valence-corrected chi connectivity index (χ1v) is 9.67. The number of hydrogen-bond acceptors (Lipinski definition) is 4. The van der Waals surface area contributed by atoms with Crippen LogP contribution in [0, 0.1) is 6.92 Å². The molecule has 3 rings (SSSR count). The van der Waals surface area contributed by atoms with Gasteiger partial charge < -0.3 is 4.74 Å². The van der Waals surface area contributed by atoms with Crippen LogP contribution < -0.4 is 9.46 Å². The molecule has 1 aromatic heterocycles. The summed E-state index contributed by atoms with van der Waals surface area (Å²) in [7, 11) is -2.25. The molecule has 4 nitrogen and oxygen atoms in total. The summed E-state index contributed by atoms with van der Waals surface area (Å²) in [5.41, 5.74) is 2.54. The number of nitrogens with one attached hydrogen (secondary N) is 1. The fraction of sp³-hybridized carbons (Fsp3) is 0.111. The molecule has 0 spiro atoms. The monoisotopic (exact) mass is 359 g/mol. The minimum atomic E-state index is -3.71. The number of anilines is 1. The van der Waals surface area contributed by atoms with Crippen molar-refractivity contribution in [3.05, 3.63) is 65.5 Å². The van der Waals surface area contributed by atoms with E-state index in [-0.39, 0.29) is 4.90 Å². The van der Waals surface area contributed by atoms with Crippen LogP contribution in [0.1, 0.15) is 5.56 Å². The molecule has 0 bridgehead atoms. The molecule has 3 aromatic rings. The average molecular weight is 359 g/mol. The van der Waals surface area contributed by atoms with Crippen LogP contribution in [0.5, 0.6) is 5.75 Å². The van der Waals surface area contributed by atoms with E-state index in [1.165, 1.54) is 18.4 Å². The Bertz CT molecular complexity index is 947. The molecule has 0 atom stereocenters. The SMILES string of the molecule is COc1cc(C)ccc1S(=O)(=O)Nc1csc(-c2ccccc2)c1. The van der Waals surface area contributed by atoms with Crippen molar-refractivity contribution in [2.45, 2.75) is 11.8 Å². The normalized spacial score (nSPS) is 11.2. The van der Waals surface area contributed by atoms with Crippen molar-refractivity contribution in [2.24, 2.45) is 0 Å². The predicted molar refractivity (Wildman–Crippen MR) is 98.3 cm³/mol. The van der Waals surface area contributed by atoms with Crippen LogP contribution in [0.15, 0.2) is 64.9 Å². The van der Waals surface area contributed by atoms with Crippen molar-refractivity contribution in [1.29, 1.82) is 0 Å². The zero-order valence-corrected chi connectivity index (χ0v) is 14.9. The van der Waals surface area contributed by atoms with Gasteiger partial charge in [-0.05, 0) is 36.2 Å². The lowest BCUT2D eigenvalue weighted by Crippen LogP contribution is -2.13. The van der Waals surface area contributed by atoms with E-state index in [0.29, 0.717) is 11.4 Å². The number of aryl methyl sites for hydroxylation is 1. The number of thiophene rings is 1. The van der Waals surface area contributed by atoms with Crippen LogP contribution in [-0.2, 0) is 10.0 Å². The van der Waals surface area contributed by atoms with E-state index in [9.17, 15) is 8.42 Å². The number of sulfonamides is 1. The standard InChI is InChI=1S/C18H17NO3S2/c1-13-8-9-18(16(10-13)22-2)24(20,21)19-15-11-17(23-12-15)14-6-4-3-5-7-14/h3-12,19H,1-2H3. The number of ether oxygens (including phenoxy) is 1. The Hall–Kier alpha value is -2.31. The summed E-state index contributed by atoms with van der Waals surface area (Å²) in [6, 6.07) is 16.7. The third-order valence-corrected chi connectivity index (χ3v) is 5.92. The van der Waals surface area contributed by atoms with Gasteiger partial charge in [-0.2, -0.15) is 0 Å². The number of benzene rings is 2. The first kappa shape index (κ1) is 16.5. The third-order valence-electron chi connectivity index (χ3n) is 3.52. The second-order valence-electron chi connectivity index (χ2n) is 5.33. The van der Waals surface area contributed by atoms with Gasteiger partial charge in [-0.1, -0.05) is 36.4 Å². The van der Waals surface area contributed by atoms with Gasteiger partial charge in [-0.25, -0.2) is 8.42 Å². The van der Waals surface area contributed by atoms with E-state index >= 15 is 0 Å². The molecule has 124 valence electrons. The molecule has 1 heterocycles. The zero-order valence-electron chi connectivity index (χ0n) is 13.3. The van der Waals surface area contributed by atoms with E-state index in [1.54, 1.807) is 23.6 Å². The largest absolute Gasteiger partial charge is 0.495 e. The summed E-state index contributed by atoms with van der Waals surface area (Å²) >= 11 is 1.49. The Kier molecular flexibility index (Phi) is 4.59. The molecule has 0 aliphatic rings. The first-order valence-electron chi connectivity index (χ1n) is 7.31. The lowest BCUT2D eigenvalue weighted by Gasteiger charge is -2.11. The molecule has 0 radical (unpaired) electrons. The third kappa shape index (κ3) is 3.44. The minimum Gasteiger partial charge on any atom is -0.495 e. The minimum absolute atomic E-state index is 0.128. The average Bonchev–Trinajstić information content (AvgIpc) is 3.03. The molecule has 1 N–H and O–H groups in total. The van der Waals surface area contributed by atoms with Gasteiger partial charge in [0, 0.05) is 10.3 Å². The fourth-order valence-electron chi connectivity index (χ4n) is 2.35. The Morgan fingerprint density at radius 1 is 1.04 bits per heavy atom. The lowest BCUT2D eigenvalue weighted by atomic mass is 10.2. The van der Waals surface area contributed by atoms with Gasteiger partial charge in [0.25, 0.3) is 10.0 Å². The maximum absolute atomic E-state index is 12.7. The second-order valence-corrected chi connectivity index (χ2v) is 7.89. The van der Waals surface area contributed by atoms with Crippen molar-refractivity contribution in [2.75, 3.05) is 11.8 Å². The highest BCUT2D eigenvalue weighted by atomic mass is 32.2. The molecule has 0 aliphatic heterocycles. The highest BCUT2D eigenvalue weighted by Gasteiger charge is 2.20. The van der Waals surface area contributed by atoms with Crippen LogP contribution in [0.25, 0.3) is 10.4 Å². The van der Waals surface area contributed by atoms with Crippen LogP contribution in [0.4, 0.5) is 5.69 Å². The molecule has 2 aromatic carbocycles. The smallest absolute Gasteiger partial charge is 0.265 e. The molecule has 24 heavy (non-hydrogen) atoms. The van der Waals surface area contributed by atoms with Crippen molar-refractivity contribution < 1.29 is 13.2 Å². The van der Waals surface area contributed by atoms with Crippen molar-refractivity contribution in [3.8, 4) is 16.2 Å². The van der Waals surface area contributed by atoms with Crippen LogP contribution >= 0.6 is 11.3 Å². The van der Waals surface area contributed by atoms with Crippen LogP contribution in [0.3, 0.4) is 0 Å². The molecule has 0 aliphatic carbocycles. The van der Waals surface area contributed by atoms with Gasteiger partial charge in [-0.15, -0.1) is 11.3 Å². The fourth-order valence-corrected chi connectivity index (χ4v) is 4.47. The molecule has 0 fully saturated rings. The summed E-state index contributed by atoms with van der Waals surface area (Å²) in [5, 5.41) is 1.79. The van der Waals surface area contributed by atoms with Gasteiger partial charge in [0.2, 0.25) is 0 Å². The number of methoxy groups -OCH3 is 1. The van der Waals surface area contributed by atoms with E-state index in [2.05, 4.69) is 4.72 Å². The molecular weight excluding hydrogens is 342 g/mol. The molecule has 0 amide bonds. The van der Waals surface area contributed by atoms with Gasteiger partial charge in [0.15, 0.2) is 0 Å². The Balaban J connectivity index is 1.90. The molecule has 0 unspecified atom stereocenters. The zero-order chi connectivity index (χ0) is 17.2. The quantitative estimate of drug-likeness (QED) is 0.728. The van der Waals surface area contributed by atoms with Gasteiger partial charge >= 0.3 is 0 Å². The van der Waals surface area contributed by atoms with E-state index in [4.69, 9.17) is 4.74 Å². The first-order chi connectivity index (χ1) is 11.5. The van der Waals surface area contributed by atoms with E-state index in [1.807, 2.05) is 43.3 Å². The van der Waals surface area contributed by atoms with Crippen LogP contribution in [-0.4, -0.2) is 15.5 Å². The van der Waals surface area contributed by atoms with Gasteiger partial charge in [0.05, 0.1) is 12.8 Å². The van der Waals surface area contributed by atoms with Gasteiger partial charge in [-0.3, -0.25) is 4.72 Å². The summed E-state index contributed by atoms with van der Waals surface area (Å²) in [5.74, 6) is 0.334.